The van der Waals surface area contributed by atoms with Gasteiger partial charge in [0.1, 0.15) is 10.9 Å². The second-order valence-corrected chi connectivity index (χ2v) is 12.0. The third-order valence-electron chi connectivity index (χ3n) is 5.88. The zero-order chi connectivity index (χ0) is 24.0. The quantitative estimate of drug-likeness (QED) is 0.495. The van der Waals surface area contributed by atoms with Crippen molar-refractivity contribution in [2.45, 2.75) is 12.5 Å². The van der Waals surface area contributed by atoms with Crippen molar-refractivity contribution >= 4 is 72.8 Å². The van der Waals surface area contributed by atoms with Crippen LogP contribution in [0, 0.1) is 0 Å². The molecule has 3 aliphatic rings. The minimum absolute atomic E-state index is 0.00665. The molecule has 174 valence electrons. The first-order chi connectivity index (χ1) is 16.2. The van der Waals surface area contributed by atoms with Crippen LogP contribution in [0.4, 0.5) is 11.4 Å². The largest absolute Gasteiger partial charge is 0.325 e. The summed E-state index contributed by atoms with van der Waals surface area (Å²) in [7, 11) is -3.22. The minimum atomic E-state index is -3.22. The molecule has 0 spiro atoms. The van der Waals surface area contributed by atoms with Gasteiger partial charge in [-0.2, -0.15) is 0 Å². The summed E-state index contributed by atoms with van der Waals surface area (Å²) < 4.78 is 24.1. The molecule has 2 aromatic carbocycles. The Morgan fingerprint density at radius 2 is 1.76 bits per heavy atom. The molecular formula is C23H19N3O5S3. The lowest BCUT2D eigenvalue weighted by molar-refractivity contribution is -0.123. The monoisotopic (exact) mass is 513 g/mol. The third kappa shape index (κ3) is 4.04. The number of hydrogen-bond acceptors (Lipinski definition) is 7. The highest BCUT2D eigenvalue weighted by molar-refractivity contribution is 8.26. The molecule has 11 heteroatoms. The molecule has 0 saturated carbocycles. The average molecular weight is 514 g/mol. The van der Waals surface area contributed by atoms with E-state index in [1.807, 2.05) is 6.07 Å². The molecule has 2 fully saturated rings. The lowest BCUT2D eigenvalue weighted by Gasteiger charge is -2.21. The van der Waals surface area contributed by atoms with E-state index in [9.17, 15) is 22.8 Å². The molecule has 8 nitrogen and oxygen atoms in total. The summed E-state index contributed by atoms with van der Waals surface area (Å²) in [5.41, 5.74) is 1.86. The lowest BCUT2D eigenvalue weighted by atomic mass is 10.1. The van der Waals surface area contributed by atoms with Crippen molar-refractivity contribution < 1.29 is 22.8 Å². The van der Waals surface area contributed by atoms with E-state index in [1.54, 1.807) is 48.5 Å². The molecule has 1 N–H and O–H groups in total. The molecule has 0 bridgehead atoms. The molecule has 3 aliphatic heterocycles. The third-order valence-corrected chi connectivity index (χ3v) is 9.03. The number of thiocarbonyl (C=S) groups is 1. The van der Waals surface area contributed by atoms with Crippen LogP contribution < -0.4 is 10.2 Å². The number of carbonyl (C=O) groups excluding carboxylic acids is 3. The number of anilines is 2. The van der Waals surface area contributed by atoms with Crippen molar-refractivity contribution in [3.8, 4) is 0 Å². The van der Waals surface area contributed by atoms with Gasteiger partial charge < -0.3 is 5.32 Å². The van der Waals surface area contributed by atoms with Crippen LogP contribution in [0.5, 0.6) is 0 Å². The summed E-state index contributed by atoms with van der Waals surface area (Å²) in [5, 5.41) is 2.77. The summed E-state index contributed by atoms with van der Waals surface area (Å²) in [6.07, 6.45) is 0.313. The van der Waals surface area contributed by atoms with Gasteiger partial charge in [0, 0.05) is 11.3 Å². The number of para-hydroxylation sites is 2. The number of nitrogens with zero attached hydrogens (tertiary/aromatic N) is 2. The molecule has 0 aliphatic carbocycles. The molecular weight excluding hydrogens is 494 g/mol. The number of hydrogen-bond donors (Lipinski definition) is 1. The molecule has 0 radical (unpaired) electrons. The Bertz CT molecular complexity index is 1370. The van der Waals surface area contributed by atoms with E-state index < -0.39 is 27.7 Å². The smallest absolute Gasteiger partial charge is 0.267 e. The first-order valence-electron chi connectivity index (χ1n) is 10.5. The van der Waals surface area contributed by atoms with E-state index in [-0.39, 0.29) is 38.8 Å². The summed E-state index contributed by atoms with van der Waals surface area (Å²) in [5.74, 6) is -1.44. The van der Waals surface area contributed by atoms with Crippen LogP contribution >= 0.6 is 24.0 Å². The first-order valence-corrected chi connectivity index (χ1v) is 13.6. The van der Waals surface area contributed by atoms with Gasteiger partial charge in [0.05, 0.1) is 33.7 Å². The van der Waals surface area contributed by atoms with Gasteiger partial charge >= 0.3 is 0 Å². The summed E-state index contributed by atoms with van der Waals surface area (Å²) in [4.78, 5) is 42.3. The van der Waals surface area contributed by atoms with E-state index in [0.717, 1.165) is 11.8 Å². The Balaban J connectivity index is 1.46. The highest BCUT2D eigenvalue weighted by Gasteiger charge is 2.46. The van der Waals surface area contributed by atoms with Crippen molar-refractivity contribution in [1.82, 2.24) is 4.90 Å². The van der Waals surface area contributed by atoms with Gasteiger partial charge in [0.15, 0.2) is 9.84 Å². The fraction of sp³-hybridized carbons (Fsp3) is 0.217. The van der Waals surface area contributed by atoms with E-state index >= 15 is 0 Å². The van der Waals surface area contributed by atoms with Crippen LogP contribution in [0.15, 0.2) is 59.5 Å². The van der Waals surface area contributed by atoms with Crippen LogP contribution in [-0.4, -0.2) is 59.5 Å². The van der Waals surface area contributed by atoms with Crippen LogP contribution in [0.25, 0.3) is 5.57 Å². The summed E-state index contributed by atoms with van der Waals surface area (Å²) >= 11 is 6.40. The van der Waals surface area contributed by atoms with Crippen LogP contribution in [0.1, 0.15) is 12.0 Å². The standard InChI is InChI=1S/C23H19N3O5S3/c27-18(24-14-6-2-1-3-7-14)12-25-17-9-5-4-8-16(17)19(21(25)28)20-22(29)26(23(32)33-20)15-10-11-34(30,31)13-15/h1-9,15H,10-13H2,(H,24,27)/b20-19+/t15-/m0/s1. The van der Waals surface area contributed by atoms with Gasteiger partial charge in [0.2, 0.25) is 5.91 Å². The zero-order valence-corrected chi connectivity index (χ0v) is 20.2. The Kier molecular flexibility index (Phi) is 5.78. The van der Waals surface area contributed by atoms with Gasteiger partial charge in [-0.3, -0.25) is 24.2 Å². The summed E-state index contributed by atoms with van der Waals surface area (Å²) in [6, 6.07) is 15.3. The average Bonchev–Trinajstić information content (AvgIpc) is 3.39. The van der Waals surface area contributed by atoms with E-state index in [4.69, 9.17) is 12.2 Å². The number of benzene rings is 2. The fourth-order valence-corrected chi connectivity index (χ4v) is 7.52. The molecule has 5 rings (SSSR count). The molecule has 3 amide bonds. The molecule has 2 saturated heterocycles. The van der Waals surface area contributed by atoms with Gasteiger partial charge in [-0.05, 0) is 24.6 Å². The molecule has 0 aromatic heterocycles. The SMILES string of the molecule is O=C(CN1C(=O)/C(=C2/SC(=S)N([C@H]3CCS(=O)(=O)C3)C2=O)c2ccccc21)Nc1ccccc1. The number of nitrogens with one attached hydrogen (secondary N) is 1. The number of fused-ring (bicyclic) bond motifs is 1. The Hall–Kier alpha value is -3.02. The highest BCUT2D eigenvalue weighted by Crippen LogP contribution is 2.45. The van der Waals surface area contributed by atoms with E-state index in [0.29, 0.717) is 23.4 Å². The Morgan fingerprint density at radius 3 is 2.47 bits per heavy atom. The number of sulfone groups is 1. The number of thioether (sulfide) groups is 1. The Labute approximate surface area is 205 Å². The van der Waals surface area contributed by atoms with Crippen molar-refractivity contribution in [2.24, 2.45) is 0 Å². The number of carbonyl (C=O) groups is 3. The predicted octanol–water partition coefficient (Wildman–Crippen LogP) is 2.43. The normalized spacial score (nSPS) is 23.5. The van der Waals surface area contributed by atoms with Crippen molar-refractivity contribution in [3.05, 3.63) is 65.1 Å². The zero-order valence-electron chi connectivity index (χ0n) is 17.8. The van der Waals surface area contributed by atoms with E-state index in [1.165, 1.54) is 9.80 Å². The molecule has 2 aromatic rings. The lowest BCUT2D eigenvalue weighted by Crippen LogP contribution is -2.39. The van der Waals surface area contributed by atoms with Crippen LogP contribution in [-0.2, 0) is 24.2 Å². The highest BCUT2D eigenvalue weighted by atomic mass is 32.2. The van der Waals surface area contributed by atoms with Gasteiger partial charge in [-0.15, -0.1) is 0 Å². The number of amides is 3. The van der Waals surface area contributed by atoms with Crippen molar-refractivity contribution in [1.29, 1.82) is 0 Å². The van der Waals surface area contributed by atoms with Gasteiger partial charge in [0.25, 0.3) is 11.8 Å². The maximum atomic E-state index is 13.5. The predicted molar refractivity (Wildman–Crippen MR) is 135 cm³/mol. The van der Waals surface area contributed by atoms with Crippen molar-refractivity contribution in [3.63, 3.8) is 0 Å². The minimum Gasteiger partial charge on any atom is -0.325 e. The topological polar surface area (TPSA) is 104 Å². The van der Waals surface area contributed by atoms with E-state index in [2.05, 4.69) is 5.32 Å². The maximum Gasteiger partial charge on any atom is 0.267 e. The molecule has 1 atom stereocenters. The van der Waals surface area contributed by atoms with Crippen molar-refractivity contribution in [2.75, 3.05) is 28.3 Å². The molecule has 34 heavy (non-hydrogen) atoms. The van der Waals surface area contributed by atoms with Gasteiger partial charge in [-0.25, -0.2) is 8.42 Å². The summed E-state index contributed by atoms with van der Waals surface area (Å²) in [6.45, 7) is -0.227. The molecule has 3 heterocycles. The Morgan fingerprint density at radius 1 is 1.06 bits per heavy atom. The maximum absolute atomic E-state index is 13.5. The second-order valence-electron chi connectivity index (χ2n) is 8.13. The van der Waals surface area contributed by atoms with Gasteiger partial charge in [-0.1, -0.05) is 60.4 Å². The first kappa shape index (κ1) is 22.8. The van der Waals surface area contributed by atoms with Crippen LogP contribution in [0.2, 0.25) is 0 Å². The second kappa shape index (κ2) is 8.64. The number of rotatable bonds is 4. The van der Waals surface area contributed by atoms with Crippen LogP contribution in [0.3, 0.4) is 0 Å². The fourth-order valence-electron chi connectivity index (χ4n) is 4.35. The molecule has 0 unspecified atom stereocenters.